The number of benzene rings is 1. The molecular formula is C27H31ClN4O8. The molecule has 13 heteroatoms. The second-order valence-electron chi connectivity index (χ2n) is 11.1. The number of fused-ring (bicyclic) bond motifs is 3. The fourth-order valence-corrected chi connectivity index (χ4v) is 6.97. The van der Waals surface area contributed by atoms with Crippen LogP contribution < -0.4 is 11.1 Å². The molecule has 0 bridgehead atoms. The highest BCUT2D eigenvalue weighted by Gasteiger charge is 2.64. The van der Waals surface area contributed by atoms with Crippen molar-refractivity contribution < 1.29 is 39.6 Å². The van der Waals surface area contributed by atoms with E-state index in [4.69, 9.17) is 17.3 Å². The van der Waals surface area contributed by atoms with E-state index in [1.165, 1.54) is 25.1 Å². The number of likely N-dealkylation sites (tertiary alicyclic amines) is 1. The summed E-state index contributed by atoms with van der Waals surface area (Å²) in [5.41, 5.74) is 1.58. The lowest BCUT2D eigenvalue weighted by Crippen LogP contribution is -2.65. The molecule has 1 saturated carbocycles. The van der Waals surface area contributed by atoms with Crippen LogP contribution in [0, 0.1) is 11.8 Å². The molecule has 3 aliphatic carbocycles. The van der Waals surface area contributed by atoms with Crippen molar-refractivity contribution in [2.45, 2.75) is 37.3 Å². The minimum absolute atomic E-state index is 0.0293. The van der Waals surface area contributed by atoms with Crippen LogP contribution in [0.25, 0.3) is 5.76 Å². The predicted molar refractivity (Wildman–Crippen MR) is 144 cm³/mol. The molecular weight excluding hydrogens is 544 g/mol. The maximum atomic E-state index is 13.9. The van der Waals surface area contributed by atoms with E-state index >= 15 is 0 Å². The third kappa shape index (κ3) is 4.09. The van der Waals surface area contributed by atoms with Crippen LogP contribution >= 0.6 is 11.6 Å². The van der Waals surface area contributed by atoms with Crippen molar-refractivity contribution in [2.75, 3.05) is 39.0 Å². The summed E-state index contributed by atoms with van der Waals surface area (Å²) < 4.78 is 0. The Morgan fingerprint density at radius 3 is 2.45 bits per heavy atom. The van der Waals surface area contributed by atoms with Gasteiger partial charge in [-0.25, -0.2) is 0 Å². The first kappa shape index (κ1) is 28.1. The summed E-state index contributed by atoms with van der Waals surface area (Å²) >= 11 is 6.43. The van der Waals surface area contributed by atoms with Crippen LogP contribution in [0.5, 0.6) is 5.75 Å². The average Bonchev–Trinajstić information content (AvgIpc) is 3.36. The maximum Gasteiger partial charge on any atom is 0.255 e. The summed E-state index contributed by atoms with van der Waals surface area (Å²) in [6.45, 7) is 1.64. The molecule has 1 aromatic rings. The number of rotatable bonds is 5. The van der Waals surface area contributed by atoms with Crippen molar-refractivity contribution in [2.24, 2.45) is 17.6 Å². The zero-order valence-electron chi connectivity index (χ0n) is 22.0. The van der Waals surface area contributed by atoms with E-state index < -0.39 is 69.7 Å². The number of amides is 2. The zero-order chi connectivity index (χ0) is 29.3. The van der Waals surface area contributed by atoms with Gasteiger partial charge in [-0.1, -0.05) is 11.6 Å². The van der Waals surface area contributed by atoms with Gasteiger partial charge in [0.05, 0.1) is 23.2 Å². The van der Waals surface area contributed by atoms with E-state index in [0.717, 1.165) is 25.9 Å². The minimum atomic E-state index is -2.72. The molecule has 2 amide bonds. The summed E-state index contributed by atoms with van der Waals surface area (Å²) in [5, 5.41) is 47.7. The van der Waals surface area contributed by atoms with Gasteiger partial charge in [-0.15, -0.1) is 0 Å². The maximum absolute atomic E-state index is 13.9. The van der Waals surface area contributed by atoms with Crippen molar-refractivity contribution in [1.29, 1.82) is 0 Å². The number of phenolic OH excluding ortho intramolecular Hbond substituents is 1. The van der Waals surface area contributed by atoms with Gasteiger partial charge >= 0.3 is 0 Å². The molecule has 2 fully saturated rings. The number of carbonyl (C=O) groups excluding carboxylic acids is 4. The number of nitrogens with one attached hydrogen (secondary N) is 1. The number of halogens is 1. The summed E-state index contributed by atoms with van der Waals surface area (Å²) in [6, 6.07) is 0.320. The molecule has 4 atom stereocenters. The first-order valence-corrected chi connectivity index (χ1v) is 13.4. The number of phenols is 1. The molecule has 4 aliphatic rings. The third-order valence-corrected chi connectivity index (χ3v) is 8.79. The Hall–Kier alpha value is -3.45. The number of hydrogen-bond donors (Lipinski definition) is 6. The van der Waals surface area contributed by atoms with E-state index in [1.807, 2.05) is 4.90 Å². The molecule has 1 saturated heterocycles. The highest BCUT2D eigenvalue weighted by atomic mass is 35.5. The number of likely N-dealkylation sites (N-methyl/N-ethyl adjacent to an activating group) is 1. The standard InChI is InChI=1S/C27H31ClN4O8/c1-31(2)20-13-8-11-7-12-9-14(28)19(30-15(33)10-32-5-3-4-6-32)22(35)16(12)21(34)17(11)24(37)27(13,40)25(38)18(23(20)36)26(29)39/h9,11,13,20,34-35,38,40H,3-8,10H2,1-2H3,(H2,29,39)(H,30,33)/t11?,13?,20-,27-/m0/s1. The van der Waals surface area contributed by atoms with Crippen molar-refractivity contribution in [1.82, 2.24) is 9.80 Å². The largest absolute Gasteiger partial charge is 0.508 e. The van der Waals surface area contributed by atoms with E-state index in [2.05, 4.69) is 5.32 Å². The van der Waals surface area contributed by atoms with Gasteiger partial charge in [0.25, 0.3) is 5.91 Å². The number of ketones is 2. The van der Waals surface area contributed by atoms with Crippen molar-refractivity contribution >= 4 is 46.4 Å². The summed E-state index contributed by atoms with van der Waals surface area (Å²) in [7, 11) is 3.07. The quantitative estimate of drug-likeness (QED) is 0.215. The van der Waals surface area contributed by atoms with Gasteiger partial charge in [-0.3, -0.25) is 29.0 Å². The van der Waals surface area contributed by atoms with Crippen molar-refractivity contribution in [3.63, 3.8) is 0 Å². The SMILES string of the molecule is CN(C)[C@@H]1C(=O)C(C(N)=O)=C(O)[C@@]2(O)C(=O)C3=C(O)c4c(cc(Cl)c(NC(=O)CN5CCCC5)c4O)CC3CC12. The van der Waals surface area contributed by atoms with E-state index in [1.54, 1.807) is 0 Å². The second-order valence-corrected chi connectivity index (χ2v) is 11.5. The molecule has 0 aromatic heterocycles. The molecule has 1 aliphatic heterocycles. The van der Waals surface area contributed by atoms with Crippen LogP contribution in [-0.4, -0.2) is 99.0 Å². The lowest BCUT2D eigenvalue weighted by Gasteiger charge is -2.50. The van der Waals surface area contributed by atoms with Crippen LogP contribution in [0.2, 0.25) is 5.02 Å². The Kier molecular flexibility index (Phi) is 6.94. The highest BCUT2D eigenvalue weighted by Crippen LogP contribution is 2.54. The normalized spacial score (nSPS) is 28.5. The number of aliphatic hydroxyl groups excluding tert-OH is 2. The molecule has 214 valence electrons. The third-order valence-electron chi connectivity index (χ3n) is 8.49. The van der Waals surface area contributed by atoms with E-state index in [-0.39, 0.29) is 41.2 Å². The summed E-state index contributed by atoms with van der Waals surface area (Å²) in [5.74, 6) is -7.88. The average molecular weight is 575 g/mol. The first-order valence-electron chi connectivity index (χ1n) is 13.0. The molecule has 12 nitrogen and oxygen atoms in total. The van der Waals surface area contributed by atoms with Crippen LogP contribution in [0.3, 0.4) is 0 Å². The number of nitrogens with two attached hydrogens (primary N) is 1. The number of primary amides is 1. The molecule has 2 unspecified atom stereocenters. The Labute approximate surface area is 234 Å². The van der Waals surface area contributed by atoms with Gasteiger partial charge in [0, 0.05) is 11.5 Å². The molecule has 1 heterocycles. The van der Waals surface area contributed by atoms with Crippen molar-refractivity contribution in [3.8, 4) is 5.75 Å². The summed E-state index contributed by atoms with van der Waals surface area (Å²) in [4.78, 5) is 55.2. The molecule has 5 rings (SSSR count). The second kappa shape index (κ2) is 9.88. The Bertz CT molecular complexity index is 1410. The monoisotopic (exact) mass is 574 g/mol. The number of Topliss-reactive ketones (excluding diaryl/α,β-unsaturated/α-hetero) is 2. The van der Waals surface area contributed by atoms with Gasteiger partial charge in [-0.2, -0.15) is 0 Å². The predicted octanol–water partition coefficient (Wildman–Crippen LogP) is 0.652. The van der Waals surface area contributed by atoms with Gasteiger partial charge in [0.1, 0.15) is 22.8 Å². The van der Waals surface area contributed by atoms with E-state index in [0.29, 0.717) is 5.56 Å². The fourth-order valence-electron chi connectivity index (χ4n) is 6.71. The molecule has 1 aromatic carbocycles. The minimum Gasteiger partial charge on any atom is -0.508 e. The van der Waals surface area contributed by atoms with Crippen LogP contribution in [0.15, 0.2) is 23.0 Å². The van der Waals surface area contributed by atoms with Crippen molar-refractivity contribution in [3.05, 3.63) is 39.1 Å². The number of aromatic hydroxyl groups is 1. The topological polar surface area (TPSA) is 194 Å². The van der Waals surface area contributed by atoms with Gasteiger partial charge in [0.2, 0.25) is 11.7 Å². The molecule has 0 radical (unpaired) electrons. The number of nitrogens with zero attached hydrogens (tertiary/aromatic N) is 2. The fraction of sp³-hybridized carbons (Fsp3) is 0.481. The lowest BCUT2D eigenvalue weighted by molar-refractivity contribution is -0.153. The van der Waals surface area contributed by atoms with E-state index in [9.17, 15) is 39.6 Å². The van der Waals surface area contributed by atoms with Gasteiger partial charge < -0.3 is 31.5 Å². The van der Waals surface area contributed by atoms with Crippen LogP contribution in [-0.2, 0) is 25.6 Å². The highest BCUT2D eigenvalue weighted by molar-refractivity contribution is 6.34. The number of anilines is 1. The molecule has 40 heavy (non-hydrogen) atoms. The summed E-state index contributed by atoms with van der Waals surface area (Å²) in [6.07, 6.45) is 2.04. The number of hydrogen-bond acceptors (Lipinski definition) is 10. The number of aliphatic hydroxyl groups is 3. The van der Waals surface area contributed by atoms with Gasteiger partial charge in [0.15, 0.2) is 17.1 Å². The van der Waals surface area contributed by atoms with Crippen LogP contribution in [0.4, 0.5) is 5.69 Å². The Balaban J connectivity index is 1.59. The first-order chi connectivity index (χ1) is 18.8. The van der Waals surface area contributed by atoms with Crippen LogP contribution in [0.1, 0.15) is 30.4 Å². The zero-order valence-corrected chi connectivity index (χ0v) is 22.8. The lowest BCUT2D eigenvalue weighted by atomic mass is 9.57. The smallest absolute Gasteiger partial charge is 0.255 e. The Morgan fingerprint density at radius 1 is 1.20 bits per heavy atom. The number of carbonyl (C=O) groups is 4. The molecule has 7 N–H and O–H groups in total. The van der Waals surface area contributed by atoms with Gasteiger partial charge in [-0.05, 0) is 70.4 Å². The Morgan fingerprint density at radius 2 is 1.85 bits per heavy atom. The molecule has 0 spiro atoms.